The summed E-state index contributed by atoms with van der Waals surface area (Å²) in [5.41, 5.74) is 3.22. The van der Waals surface area contributed by atoms with Crippen LogP contribution in [-0.4, -0.2) is 32.1 Å². The van der Waals surface area contributed by atoms with Crippen molar-refractivity contribution in [3.63, 3.8) is 0 Å². The molecule has 0 aliphatic carbocycles. The maximum atomic E-state index is 12.2. The third-order valence-corrected chi connectivity index (χ3v) is 3.79. The Balaban J connectivity index is 1.87. The van der Waals surface area contributed by atoms with Gasteiger partial charge in [0.15, 0.2) is 0 Å². The summed E-state index contributed by atoms with van der Waals surface area (Å²) >= 11 is 5.94. The molecule has 4 nitrogen and oxygen atoms in total. The van der Waals surface area contributed by atoms with E-state index in [4.69, 9.17) is 11.6 Å². The molecule has 2 rings (SSSR count). The molecule has 0 radical (unpaired) electrons. The van der Waals surface area contributed by atoms with E-state index in [1.54, 1.807) is 11.9 Å². The minimum absolute atomic E-state index is 0.110. The highest BCUT2D eigenvalue weighted by Crippen LogP contribution is 2.14. The molecular formula is C18H22ClN3O. The number of carbonyl (C=O) groups is 1. The molecule has 0 bridgehead atoms. The third kappa shape index (κ3) is 5.18. The molecule has 2 aromatic rings. The summed E-state index contributed by atoms with van der Waals surface area (Å²) in [6, 6.07) is 15.5. The normalized spacial score (nSPS) is 10.3. The summed E-state index contributed by atoms with van der Waals surface area (Å²) in [5, 5.41) is 3.57. The quantitative estimate of drug-likeness (QED) is 0.905. The van der Waals surface area contributed by atoms with E-state index in [9.17, 15) is 4.79 Å². The SMILES string of the molecule is CN(Cc1ccc(N(C)C)cc1)C(=O)NCc1cccc(Cl)c1. The Morgan fingerprint density at radius 2 is 1.74 bits per heavy atom. The van der Waals surface area contributed by atoms with Crippen molar-refractivity contribution in [3.05, 3.63) is 64.7 Å². The first-order chi connectivity index (χ1) is 11.0. The van der Waals surface area contributed by atoms with Crippen molar-refractivity contribution in [2.45, 2.75) is 13.1 Å². The average molecular weight is 332 g/mol. The topological polar surface area (TPSA) is 35.6 Å². The number of urea groups is 1. The Morgan fingerprint density at radius 1 is 1.04 bits per heavy atom. The number of hydrogen-bond acceptors (Lipinski definition) is 2. The molecule has 0 spiro atoms. The van der Waals surface area contributed by atoms with Crippen LogP contribution >= 0.6 is 11.6 Å². The molecule has 0 saturated heterocycles. The summed E-state index contributed by atoms with van der Waals surface area (Å²) in [7, 11) is 5.79. The molecule has 23 heavy (non-hydrogen) atoms. The van der Waals surface area contributed by atoms with Gasteiger partial charge in [-0.2, -0.15) is 0 Å². The molecule has 0 fully saturated rings. The number of rotatable bonds is 5. The zero-order valence-corrected chi connectivity index (χ0v) is 14.5. The molecule has 2 aromatic carbocycles. The maximum absolute atomic E-state index is 12.2. The second-order valence-corrected chi connectivity index (χ2v) is 6.14. The van der Waals surface area contributed by atoms with Crippen molar-refractivity contribution in [1.29, 1.82) is 0 Å². The number of nitrogens with one attached hydrogen (secondary N) is 1. The van der Waals surface area contributed by atoms with E-state index in [-0.39, 0.29) is 6.03 Å². The molecule has 0 saturated carbocycles. The smallest absolute Gasteiger partial charge is 0.317 e. The van der Waals surface area contributed by atoms with Crippen LogP contribution in [0.5, 0.6) is 0 Å². The summed E-state index contributed by atoms with van der Waals surface area (Å²) < 4.78 is 0. The third-order valence-electron chi connectivity index (χ3n) is 3.55. The largest absolute Gasteiger partial charge is 0.378 e. The summed E-state index contributed by atoms with van der Waals surface area (Å²) in [6.45, 7) is 1.03. The predicted molar refractivity (Wildman–Crippen MR) is 95.9 cm³/mol. The van der Waals surface area contributed by atoms with E-state index in [0.29, 0.717) is 18.1 Å². The molecule has 1 N–H and O–H groups in total. The summed E-state index contributed by atoms with van der Waals surface area (Å²) in [5.74, 6) is 0. The van der Waals surface area contributed by atoms with E-state index in [2.05, 4.69) is 5.32 Å². The molecule has 0 atom stereocenters. The standard InChI is InChI=1S/C18H22ClN3O/c1-21(2)17-9-7-14(8-10-17)13-22(3)18(23)20-12-15-5-4-6-16(19)11-15/h4-11H,12-13H2,1-3H3,(H,20,23). The van der Waals surface area contributed by atoms with Crippen LogP contribution in [0.1, 0.15) is 11.1 Å². The van der Waals surface area contributed by atoms with Crippen LogP contribution < -0.4 is 10.2 Å². The zero-order valence-electron chi connectivity index (χ0n) is 13.7. The first kappa shape index (κ1) is 17.2. The first-order valence-corrected chi connectivity index (χ1v) is 7.83. The number of halogens is 1. The molecule has 0 aliphatic heterocycles. The Morgan fingerprint density at radius 3 is 2.35 bits per heavy atom. The van der Waals surface area contributed by atoms with Gasteiger partial charge in [0, 0.05) is 44.9 Å². The predicted octanol–water partition coefficient (Wildman–Crippen LogP) is 3.75. The lowest BCUT2D eigenvalue weighted by Gasteiger charge is -2.19. The lowest BCUT2D eigenvalue weighted by molar-refractivity contribution is 0.206. The molecule has 2 amide bonds. The fourth-order valence-electron chi connectivity index (χ4n) is 2.20. The summed E-state index contributed by atoms with van der Waals surface area (Å²) in [6.07, 6.45) is 0. The van der Waals surface area contributed by atoms with Gasteiger partial charge in [-0.3, -0.25) is 0 Å². The highest BCUT2D eigenvalue weighted by atomic mass is 35.5. The van der Waals surface area contributed by atoms with Gasteiger partial charge in [0.1, 0.15) is 0 Å². The highest BCUT2D eigenvalue weighted by molar-refractivity contribution is 6.30. The zero-order chi connectivity index (χ0) is 16.8. The number of amides is 2. The van der Waals surface area contributed by atoms with Crippen LogP contribution in [0.15, 0.2) is 48.5 Å². The molecule has 5 heteroatoms. The van der Waals surface area contributed by atoms with Crippen LogP contribution in [0.2, 0.25) is 5.02 Å². The van der Waals surface area contributed by atoms with Crippen LogP contribution in [0.3, 0.4) is 0 Å². The van der Waals surface area contributed by atoms with Gasteiger partial charge in [-0.1, -0.05) is 35.9 Å². The fraction of sp³-hybridized carbons (Fsp3) is 0.278. The molecule has 0 unspecified atom stereocenters. The number of anilines is 1. The van der Waals surface area contributed by atoms with Gasteiger partial charge >= 0.3 is 6.03 Å². The second-order valence-electron chi connectivity index (χ2n) is 5.71. The van der Waals surface area contributed by atoms with E-state index < -0.39 is 0 Å². The van der Waals surface area contributed by atoms with Crippen LogP contribution in [0.25, 0.3) is 0 Å². The van der Waals surface area contributed by atoms with Crippen molar-refractivity contribution < 1.29 is 4.79 Å². The molecule has 0 heterocycles. The monoisotopic (exact) mass is 331 g/mol. The van der Waals surface area contributed by atoms with E-state index in [1.165, 1.54) is 0 Å². The van der Waals surface area contributed by atoms with Crippen LogP contribution in [-0.2, 0) is 13.1 Å². The fourth-order valence-corrected chi connectivity index (χ4v) is 2.42. The van der Waals surface area contributed by atoms with Gasteiger partial charge in [-0.25, -0.2) is 4.79 Å². The first-order valence-electron chi connectivity index (χ1n) is 7.45. The van der Waals surface area contributed by atoms with Crippen molar-refractivity contribution in [2.75, 3.05) is 26.0 Å². The average Bonchev–Trinajstić information content (AvgIpc) is 2.53. The number of carbonyl (C=O) groups excluding carboxylic acids is 1. The summed E-state index contributed by atoms with van der Waals surface area (Å²) in [4.78, 5) is 15.9. The Kier molecular flexibility index (Phi) is 5.88. The number of nitrogens with zero attached hydrogens (tertiary/aromatic N) is 2. The second kappa shape index (κ2) is 7.88. The highest BCUT2D eigenvalue weighted by Gasteiger charge is 2.09. The molecule has 122 valence electrons. The molecule has 0 aliphatic rings. The van der Waals surface area contributed by atoms with Gasteiger partial charge < -0.3 is 15.1 Å². The number of benzene rings is 2. The van der Waals surface area contributed by atoms with E-state index in [1.807, 2.05) is 67.5 Å². The van der Waals surface area contributed by atoms with Gasteiger partial charge in [0.2, 0.25) is 0 Å². The van der Waals surface area contributed by atoms with Crippen molar-refractivity contribution in [2.24, 2.45) is 0 Å². The van der Waals surface area contributed by atoms with Gasteiger partial charge in [-0.05, 0) is 35.4 Å². The van der Waals surface area contributed by atoms with Crippen molar-refractivity contribution in [1.82, 2.24) is 10.2 Å². The maximum Gasteiger partial charge on any atom is 0.317 e. The van der Waals surface area contributed by atoms with Crippen LogP contribution in [0.4, 0.5) is 10.5 Å². The number of hydrogen-bond donors (Lipinski definition) is 1. The van der Waals surface area contributed by atoms with E-state index in [0.717, 1.165) is 16.8 Å². The Hall–Kier alpha value is -2.20. The lowest BCUT2D eigenvalue weighted by Crippen LogP contribution is -2.36. The lowest BCUT2D eigenvalue weighted by atomic mass is 10.2. The van der Waals surface area contributed by atoms with Crippen molar-refractivity contribution >= 4 is 23.3 Å². The Labute approximate surface area is 142 Å². The van der Waals surface area contributed by atoms with Gasteiger partial charge in [-0.15, -0.1) is 0 Å². The molecule has 0 aromatic heterocycles. The van der Waals surface area contributed by atoms with Gasteiger partial charge in [0.25, 0.3) is 0 Å². The van der Waals surface area contributed by atoms with Gasteiger partial charge in [0.05, 0.1) is 0 Å². The minimum atomic E-state index is -0.110. The van der Waals surface area contributed by atoms with Crippen molar-refractivity contribution in [3.8, 4) is 0 Å². The van der Waals surface area contributed by atoms with Crippen LogP contribution in [0, 0.1) is 0 Å². The van der Waals surface area contributed by atoms with E-state index >= 15 is 0 Å². The minimum Gasteiger partial charge on any atom is -0.378 e. The molecular weight excluding hydrogens is 310 g/mol. The Bertz CT molecular complexity index is 656.